The van der Waals surface area contributed by atoms with E-state index in [1.54, 1.807) is 32.4 Å². The summed E-state index contributed by atoms with van der Waals surface area (Å²) in [7, 11) is -0.502. The van der Waals surface area contributed by atoms with Gasteiger partial charge >= 0.3 is 0 Å². The van der Waals surface area contributed by atoms with Gasteiger partial charge in [0.2, 0.25) is 15.9 Å². The summed E-state index contributed by atoms with van der Waals surface area (Å²) in [5.74, 6) is 0.974. The Morgan fingerprint density at radius 2 is 1.77 bits per heavy atom. The van der Waals surface area contributed by atoms with Gasteiger partial charge in [0.25, 0.3) is 0 Å². The summed E-state index contributed by atoms with van der Waals surface area (Å²) in [6.07, 6.45) is 1.53. The fraction of sp³-hybridized carbons (Fsp3) is 0.381. The van der Waals surface area contributed by atoms with Crippen LogP contribution >= 0.6 is 23.2 Å². The van der Waals surface area contributed by atoms with E-state index >= 15 is 0 Å². The van der Waals surface area contributed by atoms with Gasteiger partial charge in [-0.15, -0.1) is 0 Å². The average molecular weight is 489 g/mol. The van der Waals surface area contributed by atoms with Crippen molar-refractivity contribution in [3.8, 4) is 11.5 Å². The number of hydrogen-bond donors (Lipinski definition) is 1. The van der Waals surface area contributed by atoms with E-state index in [9.17, 15) is 13.2 Å². The number of ether oxygens (including phenoxy) is 2. The molecule has 0 fully saturated rings. The maximum absolute atomic E-state index is 12.4. The van der Waals surface area contributed by atoms with Gasteiger partial charge in [-0.05, 0) is 49.2 Å². The van der Waals surface area contributed by atoms with Crippen molar-refractivity contribution < 1.29 is 22.7 Å². The smallest absolute Gasteiger partial charge is 0.232 e. The van der Waals surface area contributed by atoms with Crippen LogP contribution in [0.3, 0.4) is 0 Å². The third-order valence-electron chi connectivity index (χ3n) is 4.63. The normalized spacial score (nSPS) is 12.2. The van der Waals surface area contributed by atoms with Crippen molar-refractivity contribution in [1.82, 2.24) is 5.32 Å². The first-order chi connectivity index (χ1) is 14.6. The summed E-state index contributed by atoms with van der Waals surface area (Å²) in [4.78, 5) is 12.4. The lowest BCUT2D eigenvalue weighted by molar-refractivity contribution is -0.121. The highest BCUT2D eigenvalue weighted by Crippen LogP contribution is 2.31. The van der Waals surface area contributed by atoms with Gasteiger partial charge in [0, 0.05) is 18.0 Å². The molecule has 2 aromatic rings. The van der Waals surface area contributed by atoms with Gasteiger partial charge < -0.3 is 14.8 Å². The Balaban J connectivity index is 2.00. The summed E-state index contributed by atoms with van der Waals surface area (Å²) >= 11 is 12.1. The molecule has 1 N–H and O–H groups in total. The highest BCUT2D eigenvalue weighted by atomic mass is 35.5. The molecule has 0 aliphatic rings. The number of anilines is 1. The van der Waals surface area contributed by atoms with Gasteiger partial charge in [-0.3, -0.25) is 9.10 Å². The van der Waals surface area contributed by atoms with Crippen molar-refractivity contribution in [1.29, 1.82) is 0 Å². The van der Waals surface area contributed by atoms with Crippen LogP contribution in [0.1, 0.15) is 31.4 Å². The minimum absolute atomic E-state index is 0.0943. The monoisotopic (exact) mass is 488 g/mol. The predicted octanol–water partition coefficient (Wildman–Crippen LogP) is 4.43. The van der Waals surface area contributed by atoms with Crippen LogP contribution in [0.15, 0.2) is 36.4 Å². The summed E-state index contributed by atoms with van der Waals surface area (Å²) in [6, 6.07) is 9.77. The van der Waals surface area contributed by atoms with Crippen LogP contribution in [0.5, 0.6) is 11.5 Å². The van der Waals surface area contributed by atoms with Crippen LogP contribution in [-0.2, 0) is 14.8 Å². The molecule has 10 heteroatoms. The number of hydrogen-bond acceptors (Lipinski definition) is 5. The summed E-state index contributed by atoms with van der Waals surface area (Å²) in [5.41, 5.74) is 1.14. The van der Waals surface area contributed by atoms with Gasteiger partial charge in [0.05, 0.1) is 37.2 Å². The van der Waals surface area contributed by atoms with Gasteiger partial charge in [-0.2, -0.15) is 0 Å². The number of benzene rings is 2. The number of carbonyl (C=O) groups is 1. The van der Waals surface area contributed by atoms with Crippen LogP contribution in [0.4, 0.5) is 5.69 Å². The zero-order chi connectivity index (χ0) is 23.2. The topological polar surface area (TPSA) is 84.9 Å². The van der Waals surface area contributed by atoms with E-state index in [-0.39, 0.29) is 35.6 Å². The lowest BCUT2D eigenvalue weighted by Gasteiger charge is -2.24. The Hall–Kier alpha value is -2.16. The standard InChI is InChI=1S/C21H26Cl2N2O5S/c1-14(15-7-10-19(29-2)20(12-15)30-3)24-21(26)6-5-11-25(31(4,27)28)18-13-16(22)8-9-17(18)23/h7-10,12-14H,5-6,11H2,1-4H3,(H,24,26). The third kappa shape index (κ3) is 6.92. The van der Waals surface area contributed by atoms with Gasteiger partial charge in [0.1, 0.15) is 0 Å². The van der Waals surface area contributed by atoms with Crippen LogP contribution in [0, 0.1) is 0 Å². The predicted molar refractivity (Wildman–Crippen MR) is 124 cm³/mol. The number of amides is 1. The largest absolute Gasteiger partial charge is 0.493 e. The maximum Gasteiger partial charge on any atom is 0.232 e. The summed E-state index contributed by atoms with van der Waals surface area (Å²) in [5, 5.41) is 3.54. The van der Waals surface area contributed by atoms with E-state index in [2.05, 4.69) is 5.32 Å². The molecule has 0 saturated carbocycles. The molecule has 7 nitrogen and oxygen atoms in total. The maximum atomic E-state index is 12.4. The number of rotatable bonds is 10. The molecular weight excluding hydrogens is 463 g/mol. The number of nitrogens with zero attached hydrogens (tertiary/aromatic N) is 1. The Bertz CT molecular complexity index is 1030. The van der Waals surface area contributed by atoms with Crippen molar-refractivity contribution in [2.24, 2.45) is 0 Å². The molecule has 2 rings (SSSR count). The number of nitrogens with one attached hydrogen (secondary N) is 1. The van der Waals surface area contributed by atoms with Crippen molar-refractivity contribution in [2.45, 2.75) is 25.8 Å². The Kier molecular flexibility index (Phi) is 8.85. The quantitative estimate of drug-likeness (QED) is 0.534. The second-order valence-corrected chi connectivity index (χ2v) is 9.69. The molecule has 0 heterocycles. The van der Waals surface area contributed by atoms with E-state index in [0.29, 0.717) is 22.9 Å². The molecule has 1 unspecified atom stereocenters. The number of carbonyl (C=O) groups excluding carboxylic acids is 1. The first kappa shape index (κ1) is 25.1. The molecule has 170 valence electrons. The van der Waals surface area contributed by atoms with Crippen LogP contribution in [0.25, 0.3) is 0 Å². The molecule has 0 saturated heterocycles. The van der Waals surface area contributed by atoms with Crippen molar-refractivity contribution >= 4 is 44.8 Å². The molecule has 1 atom stereocenters. The molecule has 0 radical (unpaired) electrons. The minimum Gasteiger partial charge on any atom is -0.493 e. The second kappa shape index (κ2) is 10.9. The Morgan fingerprint density at radius 1 is 1.10 bits per heavy atom. The van der Waals surface area contributed by atoms with E-state index in [1.807, 2.05) is 13.0 Å². The lowest BCUT2D eigenvalue weighted by atomic mass is 10.1. The van der Waals surface area contributed by atoms with Crippen molar-refractivity contribution in [3.05, 3.63) is 52.0 Å². The molecule has 0 spiro atoms. The number of methoxy groups -OCH3 is 2. The molecule has 0 aliphatic heterocycles. The zero-order valence-corrected chi connectivity index (χ0v) is 20.1. The number of sulfonamides is 1. The first-order valence-corrected chi connectivity index (χ1v) is 12.1. The molecule has 0 aromatic heterocycles. The summed E-state index contributed by atoms with van der Waals surface area (Å²) in [6.45, 7) is 1.95. The zero-order valence-electron chi connectivity index (χ0n) is 17.8. The minimum atomic E-state index is -3.60. The Morgan fingerprint density at radius 3 is 2.39 bits per heavy atom. The van der Waals surface area contributed by atoms with E-state index < -0.39 is 10.0 Å². The number of halogens is 2. The molecular formula is C21H26Cl2N2O5S. The van der Waals surface area contributed by atoms with Crippen LogP contribution in [-0.4, -0.2) is 41.3 Å². The van der Waals surface area contributed by atoms with Gasteiger partial charge in [0.15, 0.2) is 11.5 Å². The molecule has 31 heavy (non-hydrogen) atoms. The SMILES string of the molecule is COc1ccc(C(C)NC(=O)CCCN(c2cc(Cl)ccc2Cl)S(C)(=O)=O)cc1OC. The lowest BCUT2D eigenvalue weighted by Crippen LogP contribution is -2.32. The average Bonchev–Trinajstić information content (AvgIpc) is 2.71. The van der Waals surface area contributed by atoms with E-state index in [0.717, 1.165) is 16.1 Å². The summed E-state index contributed by atoms with van der Waals surface area (Å²) < 4.78 is 36.2. The van der Waals surface area contributed by atoms with Gasteiger partial charge in [-0.25, -0.2) is 8.42 Å². The fourth-order valence-corrected chi connectivity index (χ4v) is 4.45. The molecule has 0 bridgehead atoms. The van der Waals surface area contributed by atoms with Gasteiger partial charge in [-0.1, -0.05) is 29.3 Å². The van der Waals surface area contributed by atoms with E-state index in [1.165, 1.54) is 12.1 Å². The Labute approximate surface area is 193 Å². The second-order valence-electron chi connectivity index (χ2n) is 6.94. The molecule has 0 aliphatic carbocycles. The highest BCUT2D eigenvalue weighted by molar-refractivity contribution is 7.92. The first-order valence-electron chi connectivity index (χ1n) is 9.51. The molecule has 2 aromatic carbocycles. The molecule has 1 amide bonds. The van der Waals surface area contributed by atoms with Crippen LogP contribution in [0.2, 0.25) is 10.0 Å². The van der Waals surface area contributed by atoms with Crippen molar-refractivity contribution in [2.75, 3.05) is 31.3 Å². The van der Waals surface area contributed by atoms with Crippen molar-refractivity contribution in [3.63, 3.8) is 0 Å². The highest BCUT2D eigenvalue weighted by Gasteiger charge is 2.21. The van der Waals surface area contributed by atoms with E-state index in [4.69, 9.17) is 32.7 Å². The third-order valence-corrected chi connectivity index (χ3v) is 6.36. The van der Waals surface area contributed by atoms with Crippen LogP contribution < -0.4 is 19.1 Å². The fourth-order valence-electron chi connectivity index (χ4n) is 3.04.